The Kier molecular flexibility index (Phi) is 6.03. The minimum absolute atomic E-state index is 0.816. The molecule has 1 heterocycles. The first-order valence-electron chi connectivity index (χ1n) is 7.30. The van der Waals surface area contributed by atoms with Gasteiger partial charge < -0.3 is 10.2 Å². The second-order valence-corrected chi connectivity index (χ2v) is 5.49. The number of hydrogen-bond donors (Lipinski definition) is 1. The number of benzene rings is 1. The molecule has 0 aliphatic rings. The molecule has 0 saturated heterocycles. The van der Waals surface area contributed by atoms with Crippen LogP contribution < -0.4 is 10.2 Å². The van der Waals surface area contributed by atoms with E-state index in [0.717, 1.165) is 42.3 Å². The predicted octanol–water partition coefficient (Wildman–Crippen LogP) is 3.52. The first-order chi connectivity index (χ1) is 10.2. The molecule has 1 aromatic heterocycles. The van der Waals surface area contributed by atoms with Crippen molar-refractivity contribution in [3.05, 3.63) is 58.9 Å². The molecule has 0 aliphatic heterocycles. The lowest BCUT2D eigenvalue weighted by Gasteiger charge is -2.20. The minimum Gasteiger partial charge on any atom is -0.374 e. The highest BCUT2D eigenvalue weighted by Gasteiger charge is 2.05. The molecule has 0 bridgehead atoms. The Balaban J connectivity index is 1.96. The van der Waals surface area contributed by atoms with Crippen LogP contribution >= 0.6 is 11.6 Å². The molecule has 0 aliphatic carbocycles. The van der Waals surface area contributed by atoms with Crippen LogP contribution in [0.4, 0.5) is 5.69 Å². The minimum atomic E-state index is 0.816. The summed E-state index contributed by atoms with van der Waals surface area (Å²) in [6.45, 7) is 4.81. The topological polar surface area (TPSA) is 28.2 Å². The summed E-state index contributed by atoms with van der Waals surface area (Å²) in [5.74, 6) is 0. The fraction of sp³-hybridized carbons (Fsp3) is 0.353. The number of rotatable bonds is 7. The Morgan fingerprint density at radius 1 is 1.19 bits per heavy atom. The van der Waals surface area contributed by atoms with Crippen molar-refractivity contribution in [2.75, 3.05) is 25.0 Å². The van der Waals surface area contributed by atoms with Crippen LogP contribution in [0.3, 0.4) is 0 Å². The van der Waals surface area contributed by atoms with Gasteiger partial charge in [-0.1, -0.05) is 24.6 Å². The summed E-state index contributed by atoms with van der Waals surface area (Å²) in [4.78, 5) is 6.26. The van der Waals surface area contributed by atoms with Crippen LogP contribution in [0.1, 0.15) is 18.1 Å². The fourth-order valence-electron chi connectivity index (χ4n) is 2.15. The highest BCUT2D eigenvalue weighted by molar-refractivity contribution is 6.31. The van der Waals surface area contributed by atoms with Gasteiger partial charge in [-0.2, -0.15) is 0 Å². The number of likely N-dealkylation sites (N-methyl/N-ethyl adjacent to an activating group) is 1. The molecule has 0 spiro atoms. The first kappa shape index (κ1) is 15.8. The van der Waals surface area contributed by atoms with Gasteiger partial charge in [0.2, 0.25) is 0 Å². The number of halogens is 1. The quantitative estimate of drug-likeness (QED) is 0.848. The van der Waals surface area contributed by atoms with E-state index in [1.54, 1.807) is 0 Å². The normalized spacial score (nSPS) is 10.6. The number of nitrogens with zero attached hydrogens (tertiary/aromatic N) is 2. The zero-order valence-electron chi connectivity index (χ0n) is 12.6. The maximum atomic E-state index is 6.35. The second kappa shape index (κ2) is 8.01. The van der Waals surface area contributed by atoms with E-state index >= 15 is 0 Å². The summed E-state index contributed by atoms with van der Waals surface area (Å²) in [5.41, 5.74) is 3.59. The third kappa shape index (κ3) is 4.73. The van der Waals surface area contributed by atoms with Gasteiger partial charge in [0.15, 0.2) is 0 Å². The molecule has 1 aromatic carbocycles. The molecule has 0 saturated carbocycles. The lowest BCUT2D eigenvalue weighted by Crippen LogP contribution is -2.20. The molecule has 0 radical (unpaired) electrons. The third-order valence-corrected chi connectivity index (χ3v) is 3.88. The van der Waals surface area contributed by atoms with E-state index in [-0.39, 0.29) is 0 Å². The van der Waals surface area contributed by atoms with Gasteiger partial charge in [-0.05, 0) is 48.4 Å². The van der Waals surface area contributed by atoms with E-state index in [0.29, 0.717) is 0 Å². The Morgan fingerprint density at radius 3 is 2.62 bits per heavy atom. The van der Waals surface area contributed by atoms with Crippen LogP contribution in [0.25, 0.3) is 0 Å². The summed E-state index contributed by atoms with van der Waals surface area (Å²) >= 11 is 6.35. The van der Waals surface area contributed by atoms with Crippen molar-refractivity contribution < 1.29 is 0 Å². The second-order valence-electron chi connectivity index (χ2n) is 5.08. The third-order valence-electron chi connectivity index (χ3n) is 3.53. The van der Waals surface area contributed by atoms with Crippen molar-refractivity contribution in [3.8, 4) is 0 Å². The lowest BCUT2D eigenvalue weighted by molar-refractivity contribution is 0.727. The molecule has 4 heteroatoms. The zero-order chi connectivity index (χ0) is 15.1. The molecule has 3 nitrogen and oxygen atoms in total. The molecule has 2 aromatic rings. The van der Waals surface area contributed by atoms with Crippen molar-refractivity contribution in [2.24, 2.45) is 0 Å². The zero-order valence-corrected chi connectivity index (χ0v) is 13.4. The highest BCUT2D eigenvalue weighted by atomic mass is 35.5. The maximum absolute atomic E-state index is 6.35. The van der Waals surface area contributed by atoms with Crippen molar-refractivity contribution in [1.29, 1.82) is 0 Å². The van der Waals surface area contributed by atoms with Gasteiger partial charge in [0, 0.05) is 43.2 Å². The van der Waals surface area contributed by atoms with Crippen LogP contribution in [0.15, 0.2) is 42.7 Å². The van der Waals surface area contributed by atoms with Gasteiger partial charge >= 0.3 is 0 Å². The summed E-state index contributed by atoms with van der Waals surface area (Å²) in [6, 6.07) is 10.4. The molecule has 0 amide bonds. The van der Waals surface area contributed by atoms with Crippen molar-refractivity contribution in [1.82, 2.24) is 10.3 Å². The fourth-order valence-corrected chi connectivity index (χ4v) is 2.39. The molecular weight excluding hydrogens is 282 g/mol. The van der Waals surface area contributed by atoms with E-state index in [2.05, 4.69) is 53.4 Å². The largest absolute Gasteiger partial charge is 0.374 e. The standard InChI is InChI=1S/C17H22ClN3/c1-3-19-13-15-4-5-16(12-17(15)18)21(2)11-8-14-6-9-20-10-7-14/h4-7,9-10,12,19H,3,8,11,13H2,1-2H3. The number of pyridine rings is 1. The Hall–Kier alpha value is -1.58. The van der Waals surface area contributed by atoms with Crippen LogP contribution in [-0.4, -0.2) is 25.1 Å². The Bertz CT molecular complexity index is 557. The molecule has 0 atom stereocenters. The van der Waals surface area contributed by atoms with Gasteiger partial charge in [0.1, 0.15) is 0 Å². The van der Waals surface area contributed by atoms with Crippen molar-refractivity contribution in [2.45, 2.75) is 19.9 Å². The molecule has 21 heavy (non-hydrogen) atoms. The average Bonchev–Trinajstić information content (AvgIpc) is 2.52. The van der Waals surface area contributed by atoms with Gasteiger partial charge in [0.05, 0.1) is 0 Å². The van der Waals surface area contributed by atoms with Crippen molar-refractivity contribution >= 4 is 17.3 Å². The first-order valence-corrected chi connectivity index (χ1v) is 7.67. The molecule has 2 rings (SSSR count). The predicted molar refractivity (Wildman–Crippen MR) is 90.0 cm³/mol. The Labute approximate surface area is 132 Å². The lowest BCUT2D eigenvalue weighted by atomic mass is 10.1. The van der Waals surface area contributed by atoms with Crippen LogP contribution in [0.2, 0.25) is 5.02 Å². The van der Waals surface area contributed by atoms with E-state index in [4.69, 9.17) is 11.6 Å². The molecule has 0 fully saturated rings. The Morgan fingerprint density at radius 2 is 1.95 bits per heavy atom. The monoisotopic (exact) mass is 303 g/mol. The van der Waals surface area contributed by atoms with Crippen LogP contribution in [0.5, 0.6) is 0 Å². The molecule has 112 valence electrons. The van der Waals surface area contributed by atoms with E-state index < -0.39 is 0 Å². The van der Waals surface area contributed by atoms with Gasteiger partial charge in [-0.3, -0.25) is 4.98 Å². The number of hydrogen-bond acceptors (Lipinski definition) is 3. The number of anilines is 1. The van der Waals surface area contributed by atoms with Crippen LogP contribution in [0, 0.1) is 0 Å². The number of aromatic nitrogens is 1. The molecular formula is C17H22ClN3. The number of nitrogens with one attached hydrogen (secondary N) is 1. The molecule has 1 N–H and O–H groups in total. The summed E-state index contributed by atoms with van der Waals surface area (Å²) in [6.07, 6.45) is 4.67. The van der Waals surface area contributed by atoms with E-state index in [9.17, 15) is 0 Å². The van der Waals surface area contributed by atoms with E-state index in [1.165, 1.54) is 5.56 Å². The SMILES string of the molecule is CCNCc1ccc(N(C)CCc2ccncc2)cc1Cl. The highest BCUT2D eigenvalue weighted by Crippen LogP contribution is 2.23. The molecule has 0 unspecified atom stereocenters. The summed E-state index contributed by atoms with van der Waals surface area (Å²) < 4.78 is 0. The van der Waals surface area contributed by atoms with Gasteiger partial charge in [-0.25, -0.2) is 0 Å². The van der Waals surface area contributed by atoms with Gasteiger partial charge in [0.25, 0.3) is 0 Å². The van der Waals surface area contributed by atoms with Crippen molar-refractivity contribution in [3.63, 3.8) is 0 Å². The average molecular weight is 304 g/mol. The maximum Gasteiger partial charge on any atom is 0.0471 e. The van der Waals surface area contributed by atoms with Gasteiger partial charge in [-0.15, -0.1) is 0 Å². The van der Waals surface area contributed by atoms with E-state index in [1.807, 2.05) is 18.5 Å². The van der Waals surface area contributed by atoms with Crippen LogP contribution in [-0.2, 0) is 13.0 Å². The smallest absolute Gasteiger partial charge is 0.0471 e. The summed E-state index contributed by atoms with van der Waals surface area (Å²) in [7, 11) is 2.09. The summed E-state index contributed by atoms with van der Waals surface area (Å²) in [5, 5.41) is 4.12.